The first kappa shape index (κ1) is 20.3. The highest BCUT2D eigenvalue weighted by Gasteiger charge is 2.51. The van der Waals surface area contributed by atoms with Crippen LogP contribution in [-0.2, 0) is 9.59 Å². The van der Waals surface area contributed by atoms with Gasteiger partial charge in [0.25, 0.3) is 11.8 Å². The van der Waals surface area contributed by atoms with Crippen molar-refractivity contribution in [3.63, 3.8) is 0 Å². The maximum absolute atomic E-state index is 12.8. The summed E-state index contributed by atoms with van der Waals surface area (Å²) in [7, 11) is 0. The van der Waals surface area contributed by atoms with Gasteiger partial charge < -0.3 is 0 Å². The van der Waals surface area contributed by atoms with Crippen molar-refractivity contribution in [3.8, 4) is 0 Å². The number of hydrogen-bond donors (Lipinski definition) is 4. The maximum atomic E-state index is 12.8. The van der Waals surface area contributed by atoms with Crippen molar-refractivity contribution in [1.82, 2.24) is 21.7 Å². The van der Waals surface area contributed by atoms with Gasteiger partial charge in [-0.2, -0.15) is 0 Å². The van der Waals surface area contributed by atoms with Crippen molar-refractivity contribution in [1.29, 1.82) is 0 Å². The van der Waals surface area contributed by atoms with Crippen LogP contribution in [0.15, 0.2) is 72.8 Å². The highest BCUT2D eigenvalue weighted by Crippen LogP contribution is 2.48. The Morgan fingerprint density at radius 2 is 0.968 bits per heavy atom. The fourth-order valence-corrected chi connectivity index (χ4v) is 4.26. The Kier molecular flexibility index (Phi) is 5.79. The quantitative estimate of drug-likeness (QED) is 0.443. The smallest absolute Gasteiger partial charge is 0.269 e. The van der Waals surface area contributed by atoms with E-state index in [1.807, 2.05) is 12.2 Å². The third-order valence-electron chi connectivity index (χ3n) is 5.74. The summed E-state index contributed by atoms with van der Waals surface area (Å²) in [6, 6.07) is 17.0. The minimum Gasteiger partial charge on any atom is -0.273 e. The van der Waals surface area contributed by atoms with Crippen molar-refractivity contribution in [2.75, 3.05) is 0 Å². The third-order valence-corrected chi connectivity index (χ3v) is 5.74. The predicted octanol–water partition coefficient (Wildman–Crippen LogP) is 1.35. The molecule has 0 spiro atoms. The molecule has 1 saturated carbocycles. The first-order chi connectivity index (χ1) is 15.0. The SMILES string of the molecule is O=C(NNC(=O)[C@@H]1[C@@H](C(=O)NNC(=O)c2ccccc2)[C@H]2C=C[C@@H]1C2)c1ccccc1. The standard InChI is InChI=1S/C23H22N4O4/c28-20(14-7-3-1-4-8-14)24-26-22(30)18-16-11-12-17(13-16)19(18)23(31)27-25-21(29)15-9-5-2-6-10-15/h1-12,16-19H,13H2,(H,24,28)(H,25,29)(H,26,30)(H,27,31)/t16-,17+,18-,19-/m0/s1. The van der Waals surface area contributed by atoms with Crippen molar-refractivity contribution in [2.45, 2.75) is 6.42 Å². The van der Waals surface area contributed by atoms with Gasteiger partial charge in [-0.05, 0) is 42.5 Å². The summed E-state index contributed by atoms with van der Waals surface area (Å²) in [5, 5.41) is 0. The van der Waals surface area contributed by atoms with Crippen molar-refractivity contribution in [3.05, 3.63) is 83.9 Å². The summed E-state index contributed by atoms with van der Waals surface area (Å²) < 4.78 is 0. The zero-order valence-corrected chi connectivity index (χ0v) is 16.6. The van der Waals surface area contributed by atoms with Crippen LogP contribution in [0.2, 0.25) is 0 Å². The van der Waals surface area contributed by atoms with Gasteiger partial charge in [-0.1, -0.05) is 48.6 Å². The van der Waals surface area contributed by atoms with E-state index in [4.69, 9.17) is 0 Å². The molecule has 8 heteroatoms. The van der Waals surface area contributed by atoms with Crippen LogP contribution in [0.4, 0.5) is 0 Å². The molecule has 1 fully saturated rings. The summed E-state index contributed by atoms with van der Waals surface area (Å²) >= 11 is 0. The lowest BCUT2D eigenvalue weighted by Crippen LogP contribution is -2.52. The summed E-state index contributed by atoms with van der Waals surface area (Å²) in [4.78, 5) is 50.0. The van der Waals surface area contributed by atoms with Gasteiger partial charge in [0.05, 0.1) is 11.8 Å². The Morgan fingerprint density at radius 1 is 0.581 bits per heavy atom. The molecule has 0 aromatic heterocycles. The fourth-order valence-electron chi connectivity index (χ4n) is 4.26. The second kappa shape index (κ2) is 8.83. The molecule has 0 radical (unpaired) electrons. The average Bonchev–Trinajstić information content (AvgIpc) is 3.43. The van der Waals surface area contributed by atoms with Crippen LogP contribution in [-0.4, -0.2) is 23.6 Å². The highest BCUT2D eigenvalue weighted by atomic mass is 16.2. The van der Waals surface area contributed by atoms with E-state index < -0.39 is 35.5 Å². The number of hydrogen-bond acceptors (Lipinski definition) is 4. The highest BCUT2D eigenvalue weighted by molar-refractivity contribution is 5.98. The number of allylic oxidation sites excluding steroid dienone is 2. The topological polar surface area (TPSA) is 116 Å². The van der Waals surface area contributed by atoms with Crippen LogP contribution in [0, 0.1) is 23.7 Å². The number of rotatable bonds is 4. The van der Waals surface area contributed by atoms with E-state index in [0.717, 1.165) is 0 Å². The number of nitrogens with one attached hydrogen (secondary N) is 4. The number of amides is 4. The first-order valence-electron chi connectivity index (χ1n) is 10.0. The zero-order chi connectivity index (χ0) is 21.8. The van der Waals surface area contributed by atoms with Gasteiger partial charge in [0, 0.05) is 11.1 Å². The van der Waals surface area contributed by atoms with E-state index in [1.54, 1.807) is 60.7 Å². The molecule has 0 aliphatic heterocycles. The molecule has 2 aliphatic carbocycles. The molecule has 4 N–H and O–H groups in total. The molecule has 2 aromatic carbocycles. The normalized spacial score (nSPS) is 23.1. The molecule has 2 aliphatic rings. The Morgan fingerprint density at radius 3 is 1.35 bits per heavy atom. The molecule has 0 heterocycles. The second-order valence-corrected chi connectivity index (χ2v) is 7.62. The Bertz CT molecular complexity index is 941. The first-order valence-corrected chi connectivity index (χ1v) is 10.0. The number of hydrazine groups is 2. The van der Waals surface area contributed by atoms with Gasteiger partial charge in [0.1, 0.15) is 0 Å². The molecule has 0 unspecified atom stereocenters. The molecule has 31 heavy (non-hydrogen) atoms. The van der Waals surface area contributed by atoms with Gasteiger partial charge in [0.15, 0.2) is 0 Å². The monoisotopic (exact) mass is 418 g/mol. The number of benzene rings is 2. The lowest BCUT2D eigenvalue weighted by Gasteiger charge is -2.26. The van der Waals surface area contributed by atoms with Crippen molar-refractivity contribution >= 4 is 23.6 Å². The number of fused-ring (bicyclic) bond motifs is 2. The Balaban J connectivity index is 1.37. The molecule has 4 rings (SSSR count). The molecule has 2 bridgehead atoms. The molecular formula is C23H22N4O4. The van der Waals surface area contributed by atoms with Gasteiger partial charge in [0.2, 0.25) is 11.8 Å². The van der Waals surface area contributed by atoms with Gasteiger partial charge in [-0.25, -0.2) is 0 Å². The van der Waals surface area contributed by atoms with Crippen molar-refractivity contribution in [2.24, 2.45) is 23.7 Å². The van der Waals surface area contributed by atoms with Crippen LogP contribution in [0.5, 0.6) is 0 Å². The fraction of sp³-hybridized carbons (Fsp3) is 0.217. The van der Waals surface area contributed by atoms with Crippen LogP contribution < -0.4 is 21.7 Å². The van der Waals surface area contributed by atoms with E-state index in [-0.39, 0.29) is 11.8 Å². The van der Waals surface area contributed by atoms with Crippen LogP contribution >= 0.6 is 0 Å². The number of carbonyl (C=O) groups excluding carboxylic acids is 4. The summed E-state index contributed by atoms with van der Waals surface area (Å²) in [6.45, 7) is 0. The average molecular weight is 418 g/mol. The minimum atomic E-state index is -0.639. The third kappa shape index (κ3) is 4.32. The zero-order valence-electron chi connectivity index (χ0n) is 16.6. The Labute approximate surface area is 179 Å². The summed E-state index contributed by atoms with van der Waals surface area (Å²) in [5.41, 5.74) is 10.5. The summed E-state index contributed by atoms with van der Waals surface area (Å²) in [6.07, 6.45) is 4.54. The van der Waals surface area contributed by atoms with E-state index in [9.17, 15) is 19.2 Å². The molecule has 8 nitrogen and oxygen atoms in total. The van der Waals surface area contributed by atoms with Gasteiger partial charge in [-0.3, -0.25) is 40.9 Å². The largest absolute Gasteiger partial charge is 0.273 e. The maximum Gasteiger partial charge on any atom is 0.269 e. The van der Waals surface area contributed by atoms with Crippen LogP contribution in [0.3, 0.4) is 0 Å². The van der Waals surface area contributed by atoms with E-state index >= 15 is 0 Å². The molecule has 2 aromatic rings. The second-order valence-electron chi connectivity index (χ2n) is 7.62. The van der Waals surface area contributed by atoms with Crippen LogP contribution in [0.1, 0.15) is 27.1 Å². The van der Waals surface area contributed by atoms with E-state index in [2.05, 4.69) is 21.7 Å². The molecule has 0 saturated heterocycles. The van der Waals surface area contributed by atoms with Gasteiger partial charge >= 0.3 is 0 Å². The predicted molar refractivity (Wildman–Crippen MR) is 112 cm³/mol. The van der Waals surface area contributed by atoms with Crippen LogP contribution in [0.25, 0.3) is 0 Å². The molecule has 4 atom stereocenters. The lowest BCUT2D eigenvalue weighted by molar-refractivity contribution is -0.136. The molecular weight excluding hydrogens is 396 g/mol. The summed E-state index contributed by atoms with van der Waals surface area (Å²) in [5.74, 6) is -3.23. The van der Waals surface area contributed by atoms with E-state index in [1.165, 1.54) is 0 Å². The van der Waals surface area contributed by atoms with Crippen molar-refractivity contribution < 1.29 is 19.2 Å². The number of carbonyl (C=O) groups is 4. The van der Waals surface area contributed by atoms with E-state index in [0.29, 0.717) is 17.5 Å². The van der Waals surface area contributed by atoms with Gasteiger partial charge in [-0.15, -0.1) is 0 Å². The molecule has 4 amide bonds. The molecule has 158 valence electrons. The minimum absolute atomic E-state index is 0.0980. The lowest BCUT2D eigenvalue weighted by atomic mass is 9.82. The Hall–Kier alpha value is -3.94.